The fraction of sp³-hybridized carbons (Fsp3) is 0.0526. The topological polar surface area (TPSA) is 46.2 Å². The van der Waals surface area contributed by atoms with Crippen molar-refractivity contribution in [2.45, 2.75) is 6.54 Å². The molecule has 1 heterocycles. The van der Waals surface area contributed by atoms with Gasteiger partial charge in [0, 0.05) is 16.0 Å². The smallest absolute Gasteiger partial charge is 0.252 e. The molecule has 0 fully saturated rings. The van der Waals surface area contributed by atoms with E-state index < -0.39 is 0 Å². The average Bonchev–Trinajstić information content (AvgIpc) is 3.05. The molecule has 0 spiro atoms. The maximum absolute atomic E-state index is 12.7. The Morgan fingerprint density at radius 1 is 0.875 bits per heavy atom. The van der Waals surface area contributed by atoms with Crippen LogP contribution in [0.4, 0.5) is 0 Å². The minimum absolute atomic E-state index is 0.153. The number of nitrogens with one attached hydrogen (secondary N) is 1. The van der Waals surface area contributed by atoms with Crippen molar-refractivity contribution in [2.24, 2.45) is 0 Å². The van der Waals surface area contributed by atoms with Crippen LogP contribution in [0.5, 0.6) is 0 Å². The van der Waals surface area contributed by atoms with E-state index in [0.29, 0.717) is 23.2 Å². The standard InChI is InChI=1S/C19H14BrNO2S/c20-17-11-10-14(24-17)12-21-19(23)16-9-5-4-8-15(16)18(22)13-6-2-1-3-7-13/h1-11H,12H2,(H,21,23). The van der Waals surface area contributed by atoms with E-state index in [2.05, 4.69) is 21.2 Å². The Kier molecular flexibility index (Phi) is 5.23. The Morgan fingerprint density at radius 3 is 2.21 bits per heavy atom. The summed E-state index contributed by atoms with van der Waals surface area (Å²) < 4.78 is 1.02. The number of ketones is 1. The molecule has 3 rings (SSSR count). The highest BCUT2D eigenvalue weighted by Crippen LogP contribution is 2.22. The number of benzene rings is 2. The van der Waals surface area contributed by atoms with Crippen LogP contribution in [0.1, 0.15) is 31.2 Å². The van der Waals surface area contributed by atoms with Crippen molar-refractivity contribution in [1.82, 2.24) is 5.32 Å². The number of halogens is 1. The van der Waals surface area contributed by atoms with Gasteiger partial charge in [-0.1, -0.05) is 48.5 Å². The van der Waals surface area contributed by atoms with E-state index in [1.54, 1.807) is 47.7 Å². The molecule has 3 aromatic rings. The predicted molar refractivity (Wildman–Crippen MR) is 99.5 cm³/mol. The summed E-state index contributed by atoms with van der Waals surface area (Å²) in [4.78, 5) is 26.2. The molecule has 24 heavy (non-hydrogen) atoms. The largest absolute Gasteiger partial charge is 0.347 e. The van der Waals surface area contributed by atoms with E-state index in [9.17, 15) is 9.59 Å². The lowest BCUT2D eigenvalue weighted by Crippen LogP contribution is -2.24. The van der Waals surface area contributed by atoms with Crippen LogP contribution in [0.15, 0.2) is 70.5 Å². The molecular formula is C19H14BrNO2S. The van der Waals surface area contributed by atoms with Crippen LogP contribution in [0.25, 0.3) is 0 Å². The van der Waals surface area contributed by atoms with E-state index in [1.165, 1.54) is 0 Å². The summed E-state index contributed by atoms with van der Waals surface area (Å²) in [5, 5.41) is 2.87. The van der Waals surface area contributed by atoms with Crippen LogP contribution in [-0.2, 0) is 6.54 Å². The number of thiophene rings is 1. The van der Waals surface area contributed by atoms with Crippen LogP contribution in [0.2, 0.25) is 0 Å². The number of hydrogen-bond acceptors (Lipinski definition) is 3. The molecule has 0 aliphatic carbocycles. The number of amides is 1. The second-order valence-corrected chi connectivity index (χ2v) is 7.68. The molecule has 0 aliphatic heterocycles. The second-order valence-electron chi connectivity index (χ2n) is 5.13. The molecule has 2 aromatic carbocycles. The van der Waals surface area contributed by atoms with Gasteiger partial charge in [-0.15, -0.1) is 11.3 Å². The summed E-state index contributed by atoms with van der Waals surface area (Å²) in [6, 6.07) is 19.8. The molecule has 1 aromatic heterocycles. The summed E-state index contributed by atoms with van der Waals surface area (Å²) in [5.74, 6) is -0.403. The molecule has 0 bridgehead atoms. The van der Waals surface area contributed by atoms with E-state index in [1.807, 2.05) is 30.3 Å². The Balaban J connectivity index is 1.81. The summed E-state index contributed by atoms with van der Waals surface area (Å²) >= 11 is 4.97. The summed E-state index contributed by atoms with van der Waals surface area (Å²) in [6.07, 6.45) is 0. The van der Waals surface area contributed by atoms with Crippen LogP contribution >= 0.6 is 27.3 Å². The number of rotatable bonds is 5. The van der Waals surface area contributed by atoms with Crippen LogP contribution < -0.4 is 5.32 Å². The lowest BCUT2D eigenvalue weighted by Gasteiger charge is -2.09. The molecule has 5 heteroatoms. The second kappa shape index (κ2) is 7.55. The van der Waals surface area contributed by atoms with Gasteiger partial charge in [-0.2, -0.15) is 0 Å². The maximum Gasteiger partial charge on any atom is 0.252 e. The highest BCUT2D eigenvalue weighted by Gasteiger charge is 2.17. The fourth-order valence-corrected chi connectivity index (χ4v) is 3.76. The first kappa shape index (κ1) is 16.6. The molecule has 0 saturated heterocycles. The molecule has 0 unspecified atom stereocenters. The molecule has 0 saturated carbocycles. The van der Waals surface area contributed by atoms with Gasteiger partial charge in [0.05, 0.1) is 15.9 Å². The Morgan fingerprint density at radius 2 is 1.54 bits per heavy atom. The minimum Gasteiger partial charge on any atom is -0.347 e. The number of hydrogen-bond donors (Lipinski definition) is 1. The van der Waals surface area contributed by atoms with Crippen molar-refractivity contribution < 1.29 is 9.59 Å². The van der Waals surface area contributed by atoms with Gasteiger partial charge in [-0.25, -0.2) is 0 Å². The van der Waals surface area contributed by atoms with Crippen molar-refractivity contribution in [2.75, 3.05) is 0 Å². The van der Waals surface area contributed by atoms with Gasteiger partial charge in [0.25, 0.3) is 5.91 Å². The summed E-state index contributed by atoms with van der Waals surface area (Å²) in [6.45, 7) is 0.433. The Hall–Kier alpha value is -2.24. The van der Waals surface area contributed by atoms with Crippen molar-refractivity contribution in [1.29, 1.82) is 0 Å². The molecule has 1 amide bonds. The third-order valence-corrected chi connectivity index (χ3v) is 5.13. The van der Waals surface area contributed by atoms with Crippen molar-refractivity contribution in [3.63, 3.8) is 0 Å². The number of carbonyl (C=O) groups excluding carboxylic acids is 2. The summed E-state index contributed by atoms with van der Waals surface area (Å²) in [7, 11) is 0. The van der Waals surface area contributed by atoms with Crippen molar-refractivity contribution >= 4 is 39.0 Å². The van der Waals surface area contributed by atoms with E-state index in [-0.39, 0.29) is 11.7 Å². The SMILES string of the molecule is O=C(NCc1ccc(Br)s1)c1ccccc1C(=O)c1ccccc1. The zero-order valence-corrected chi connectivity index (χ0v) is 15.1. The zero-order valence-electron chi connectivity index (χ0n) is 12.7. The third-order valence-electron chi connectivity index (χ3n) is 3.50. The van der Waals surface area contributed by atoms with Gasteiger partial charge in [0.15, 0.2) is 5.78 Å². The van der Waals surface area contributed by atoms with Gasteiger partial charge in [0.2, 0.25) is 0 Å². The van der Waals surface area contributed by atoms with Crippen molar-refractivity contribution in [3.05, 3.63) is 92.1 Å². The van der Waals surface area contributed by atoms with Gasteiger partial charge in [0.1, 0.15) is 0 Å². The minimum atomic E-state index is -0.251. The molecule has 1 N–H and O–H groups in total. The van der Waals surface area contributed by atoms with Crippen molar-refractivity contribution in [3.8, 4) is 0 Å². The van der Waals surface area contributed by atoms with Gasteiger partial charge in [-0.05, 0) is 34.1 Å². The third kappa shape index (κ3) is 3.80. The normalized spacial score (nSPS) is 10.4. The Bertz CT molecular complexity index is 874. The van der Waals surface area contributed by atoms with E-state index >= 15 is 0 Å². The highest BCUT2D eigenvalue weighted by atomic mass is 79.9. The molecular weight excluding hydrogens is 386 g/mol. The monoisotopic (exact) mass is 399 g/mol. The van der Waals surface area contributed by atoms with E-state index in [4.69, 9.17) is 0 Å². The van der Waals surface area contributed by atoms with Crippen LogP contribution in [-0.4, -0.2) is 11.7 Å². The van der Waals surface area contributed by atoms with E-state index in [0.717, 1.165) is 8.66 Å². The first-order valence-electron chi connectivity index (χ1n) is 7.36. The number of carbonyl (C=O) groups is 2. The molecule has 0 radical (unpaired) electrons. The Labute approximate surface area is 152 Å². The average molecular weight is 400 g/mol. The highest BCUT2D eigenvalue weighted by molar-refractivity contribution is 9.11. The zero-order chi connectivity index (χ0) is 16.9. The fourth-order valence-electron chi connectivity index (χ4n) is 2.33. The lowest BCUT2D eigenvalue weighted by molar-refractivity contribution is 0.0940. The molecule has 0 atom stereocenters. The lowest BCUT2D eigenvalue weighted by atomic mass is 9.98. The first-order chi connectivity index (χ1) is 11.6. The molecule has 3 nitrogen and oxygen atoms in total. The maximum atomic E-state index is 12.7. The van der Waals surface area contributed by atoms with Gasteiger partial charge in [-0.3, -0.25) is 9.59 Å². The van der Waals surface area contributed by atoms with Crippen LogP contribution in [0, 0.1) is 0 Å². The quantitative estimate of drug-likeness (QED) is 0.633. The molecule has 120 valence electrons. The van der Waals surface area contributed by atoms with Gasteiger partial charge >= 0.3 is 0 Å². The summed E-state index contributed by atoms with van der Waals surface area (Å²) in [5.41, 5.74) is 1.37. The predicted octanol–water partition coefficient (Wildman–Crippen LogP) is 4.67. The van der Waals surface area contributed by atoms with Gasteiger partial charge < -0.3 is 5.32 Å². The first-order valence-corrected chi connectivity index (χ1v) is 8.97. The van der Waals surface area contributed by atoms with Crippen LogP contribution in [0.3, 0.4) is 0 Å². The molecule has 0 aliphatic rings.